The smallest absolute Gasteiger partial charge is 0.123 e. The van der Waals surface area contributed by atoms with Gasteiger partial charge in [-0.25, -0.2) is 0 Å². The summed E-state index contributed by atoms with van der Waals surface area (Å²) in [5.74, 6) is 1.37. The largest absolute Gasteiger partial charge is 0.488 e. The summed E-state index contributed by atoms with van der Waals surface area (Å²) in [6.07, 6.45) is 0.918. The summed E-state index contributed by atoms with van der Waals surface area (Å²) in [6, 6.07) is 6.24. The first kappa shape index (κ1) is 17.5. The zero-order valence-electron chi connectivity index (χ0n) is 13.5. The Hall–Kier alpha value is -0.540. The average Bonchev–Trinajstić information content (AvgIpc) is 2.34. The number of nitrogens with two attached hydrogens (primary N) is 1. The molecule has 1 aromatic rings. The van der Waals surface area contributed by atoms with Crippen molar-refractivity contribution in [3.8, 4) is 5.75 Å². The third-order valence-corrected chi connectivity index (χ3v) is 4.05. The molecule has 0 aliphatic carbocycles. The Morgan fingerprint density at radius 1 is 1.25 bits per heavy atom. The van der Waals surface area contributed by atoms with Crippen molar-refractivity contribution < 1.29 is 4.74 Å². The molecule has 0 aliphatic heterocycles. The lowest BCUT2D eigenvalue weighted by molar-refractivity contribution is 0.0611. The zero-order valence-corrected chi connectivity index (χ0v) is 15.1. The summed E-state index contributed by atoms with van der Waals surface area (Å²) in [4.78, 5) is 0. The summed E-state index contributed by atoms with van der Waals surface area (Å²) < 4.78 is 7.42. The Labute approximate surface area is 132 Å². The summed E-state index contributed by atoms with van der Waals surface area (Å²) in [7, 11) is 0. The van der Waals surface area contributed by atoms with Gasteiger partial charge in [-0.2, -0.15) is 0 Å². The molecule has 114 valence electrons. The van der Waals surface area contributed by atoms with Crippen LogP contribution in [0.1, 0.15) is 59.4 Å². The third kappa shape index (κ3) is 4.49. The van der Waals surface area contributed by atoms with Crippen LogP contribution in [-0.4, -0.2) is 12.1 Å². The SMILES string of the molecule is CCC(N)C(Oc1ccc(Br)cc1C(C)C)C(C)(C)C. The fraction of sp³-hybridized carbons (Fsp3) is 0.647. The first-order chi connectivity index (χ1) is 9.16. The van der Waals surface area contributed by atoms with Crippen molar-refractivity contribution >= 4 is 15.9 Å². The first-order valence-corrected chi connectivity index (χ1v) is 8.17. The van der Waals surface area contributed by atoms with E-state index in [0.717, 1.165) is 16.6 Å². The molecule has 0 bridgehead atoms. The van der Waals surface area contributed by atoms with E-state index in [1.54, 1.807) is 0 Å². The Kier molecular flexibility index (Phi) is 6.08. The van der Waals surface area contributed by atoms with Crippen LogP contribution in [0.25, 0.3) is 0 Å². The molecule has 2 nitrogen and oxygen atoms in total. The molecule has 0 radical (unpaired) electrons. The van der Waals surface area contributed by atoms with E-state index in [4.69, 9.17) is 10.5 Å². The van der Waals surface area contributed by atoms with Crippen LogP contribution in [0.2, 0.25) is 0 Å². The summed E-state index contributed by atoms with van der Waals surface area (Å²) in [5.41, 5.74) is 7.50. The van der Waals surface area contributed by atoms with E-state index in [1.807, 2.05) is 12.1 Å². The van der Waals surface area contributed by atoms with Gasteiger partial charge in [0, 0.05) is 15.9 Å². The van der Waals surface area contributed by atoms with Gasteiger partial charge in [0.05, 0.1) is 0 Å². The molecule has 0 aromatic heterocycles. The second-order valence-corrected chi connectivity index (χ2v) is 7.73. The van der Waals surface area contributed by atoms with Gasteiger partial charge in [0.1, 0.15) is 11.9 Å². The molecular formula is C17H28BrNO. The van der Waals surface area contributed by atoms with Gasteiger partial charge in [-0.05, 0) is 36.1 Å². The van der Waals surface area contributed by atoms with Crippen molar-refractivity contribution in [2.45, 2.75) is 66.0 Å². The standard InChI is InChI=1S/C17H28BrNO/c1-7-14(19)16(17(4,5)6)20-15-9-8-12(18)10-13(15)11(2)3/h8-11,14,16H,7,19H2,1-6H3. The van der Waals surface area contributed by atoms with Crippen LogP contribution >= 0.6 is 15.9 Å². The fourth-order valence-electron chi connectivity index (χ4n) is 2.34. The lowest BCUT2D eigenvalue weighted by Crippen LogP contribution is -2.47. The van der Waals surface area contributed by atoms with Gasteiger partial charge in [0.25, 0.3) is 0 Å². The Bertz CT molecular complexity index is 437. The summed E-state index contributed by atoms with van der Waals surface area (Å²) in [5, 5.41) is 0. The highest BCUT2D eigenvalue weighted by Gasteiger charge is 2.32. The number of benzene rings is 1. The molecule has 2 unspecified atom stereocenters. The Morgan fingerprint density at radius 2 is 1.85 bits per heavy atom. The summed E-state index contributed by atoms with van der Waals surface area (Å²) in [6.45, 7) is 13.0. The molecule has 0 fully saturated rings. The Balaban J connectivity index is 3.11. The highest BCUT2D eigenvalue weighted by molar-refractivity contribution is 9.10. The van der Waals surface area contributed by atoms with E-state index in [0.29, 0.717) is 5.92 Å². The molecule has 2 N–H and O–H groups in total. The molecule has 0 spiro atoms. The topological polar surface area (TPSA) is 35.2 Å². The summed E-state index contributed by atoms with van der Waals surface area (Å²) >= 11 is 3.53. The number of halogens is 1. The minimum atomic E-state index is 0.00572. The molecule has 0 saturated carbocycles. The van der Waals surface area contributed by atoms with Crippen LogP contribution in [0.3, 0.4) is 0 Å². The van der Waals surface area contributed by atoms with Crippen molar-refractivity contribution in [3.05, 3.63) is 28.2 Å². The highest BCUT2D eigenvalue weighted by Crippen LogP contribution is 2.34. The number of rotatable bonds is 5. The predicted octanol–water partition coefficient (Wildman–Crippen LogP) is 5.10. The molecule has 0 aliphatic rings. The van der Waals surface area contributed by atoms with Crippen molar-refractivity contribution in [3.63, 3.8) is 0 Å². The van der Waals surface area contributed by atoms with E-state index in [1.165, 1.54) is 5.56 Å². The van der Waals surface area contributed by atoms with Crippen molar-refractivity contribution in [2.24, 2.45) is 11.1 Å². The minimum Gasteiger partial charge on any atom is -0.488 e. The lowest BCUT2D eigenvalue weighted by Gasteiger charge is -2.36. The fourth-order valence-corrected chi connectivity index (χ4v) is 2.71. The van der Waals surface area contributed by atoms with Crippen LogP contribution in [0, 0.1) is 5.41 Å². The molecule has 3 heteroatoms. The normalized spacial score (nSPS) is 15.2. The van der Waals surface area contributed by atoms with Crippen LogP contribution in [0.5, 0.6) is 5.75 Å². The quantitative estimate of drug-likeness (QED) is 0.808. The number of hydrogen-bond acceptors (Lipinski definition) is 2. The van der Waals surface area contributed by atoms with E-state index in [9.17, 15) is 0 Å². The molecule has 1 rings (SSSR count). The van der Waals surface area contributed by atoms with Crippen LogP contribution < -0.4 is 10.5 Å². The van der Waals surface area contributed by atoms with E-state index >= 15 is 0 Å². The van der Waals surface area contributed by atoms with Gasteiger partial charge >= 0.3 is 0 Å². The number of ether oxygens (including phenoxy) is 1. The van der Waals surface area contributed by atoms with Crippen molar-refractivity contribution in [1.82, 2.24) is 0 Å². The van der Waals surface area contributed by atoms with Crippen LogP contribution in [0.15, 0.2) is 22.7 Å². The average molecular weight is 342 g/mol. The lowest BCUT2D eigenvalue weighted by atomic mass is 9.83. The maximum Gasteiger partial charge on any atom is 0.123 e. The van der Waals surface area contributed by atoms with Gasteiger partial charge < -0.3 is 10.5 Å². The zero-order chi connectivity index (χ0) is 15.5. The predicted molar refractivity (Wildman–Crippen MR) is 90.4 cm³/mol. The van der Waals surface area contributed by atoms with Crippen LogP contribution in [-0.2, 0) is 0 Å². The number of hydrogen-bond donors (Lipinski definition) is 1. The molecule has 0 amide bonds. The molecule has 0 heterocycles. The van der Waals surface area contributed by atoms with Gasteiger partial charge in [-0.1, -0.05) is 57.5 Å². The Morgan fingerprint density at radius 3 is 2.30 bits per heavy atom. The maximum atomic E-state index is 6.33. The third-order valence-electron chi connectivity index (χ3n) is 3.56. The van der Waals surface area contributed by atoms with Crippen molar-refractivity contribution in [2.75, 3.05) is 0 Å². The first-order valence-electron chi connectivity index (χ1n) is 7.38. The second kappa shape index (κ2) is 6.95. The van der Waals surface area contributed by atoms with E-state index in [-0.39, 0.29) is 17.6 Å². The van der Waals surface area contributed by atoms with Crippen LogP contribution in [0.4, 0.5) is 0 Å². The van der Waals surface area contributed by atoms with E-state index in [2.05, 4.69) is 63.5 Å². The molecule has 1 aromatic carbocycles. The van der Waals surface area contributed by atoms with Crippen molar-refractivity contribution in [1.29, 1.82) is 0 Å². The minimum absolute atomic E-state index is 0.00572. The van der Waals surface area contributed by atoms with E-state index < -0.39 is 0 Å². The van der Waals surface area contributed by atoms with Gasteiger partial charge in [0.2, 0.25) is 0 Å². The molecule has 0 saturated heterocycles. The molecular weight excluding hydrogens is 314 g/mol. The highest BCUT2D eigenvalue weighted by atomic mass is 79.9. The van der Waals surface area contributed by atoms with Gasteiger partial charge in [-0.3, -0.25) is 0 Å². The van der Waals surface area contributed by atoms with Gasteiger partial charge in [0.15, 0.2) is 0 Å². The maximum absolute atomic E-state index is 6.33. The molecule has 2 atom stereocenters. The monoisotopic (exact) mass is 341 g/mol. The second-order valence-electron chi connectivity index (χ2n) is 6.81. The van der Waals surface area contributed by atoms with Gasteiger partial charge in [-0.15, -0.1) is 0 Å². The molecule has 20 heavy (non-hydrogen) atoms.